The van der Waals surface area contributed by atoms with Crippen LogP contribution in [0.1, 0.15) is 35.7 Å². The second kappa shape index (κ2) is 10.4. The van der Waals surface area contributed by atoms with Crippen LogP contribution in [-0.2, 0) is 0 Å². The largest absolute Gasteiger partial charge is 0.507 e. The van der Waals surface area contributed by atoms with E-state index in [1.807, 2.05) is 42.5 Å². The van der Waals surface area contributed by atoms with Crippen LogP contribution in [0.15, 0.2) is 75.6 Å². The van der Waals surface area contributed by atoms with Crippen molar-refractivity contribution in [2.24, 2.45) is 0 Å². The lowest BCUT2D eigenvalue weighted by molar-refractivity contribution is 0.0975. The molecule has 0 saturated heterocycles. The molecular weight excluding hydrogens is 566 g/mol. The molecule has 0 bridgehead atoms. The summed E-state index contributed by atoms with van der Waals surface area (Å²) >= 11 is 8.96. The molecule has 0 aliphatic carbocycles. The van der Waals surface area contributed by atoms with Gasteiger partial charge in [-0.3, -0.25) is 10.1 Å². The highest BCUT2D eigenvalue weighted by molar-refractivity contribution is 9.10. The third-order valence-corrected chi connectivity index (χ3v) is 7.17. The number of carbonyl (C=O) groups is 1. The summed E-state index contributed by atoms with van der Waals surface area (Å²) in [5, 5.41) is 18.1. The van der Waals surface area contributed by atoms with E-state index >= 15 is 0 Å². The van der Waals surface area contributed by atoms with Crippen LogP contribution in [0.2, 0.25) is 0 Å². The Kier molecular flexibility index (Phi) is 7.05. The molecule has 9 heteroatoms. The normalized spacial score (nSPS) is 11.2. The van der Waals surface area contributed by atoms with Crippen molar-refractivity contribution in [3.8, 4) is 23.0 Å². The molecule has 38 heavy (non-hydrogen) atoms. The van der Waals surface area contributed by atoms with Crippen LogP contribution in [-0.4, -0.2) is 28.2 Å². The van der Waals surface area contributed by atoms with Gasteiger partial charge in [-0.05, 0) is 86.8 Å². The summed E-state index contributed by atoms with van der Waals surface area (Å²) in [5.74, 6) is 0.624. The van der Waals surface area contributed by atoms with Crippen LogP contribution < -0.4 is 15.4 Å². The summed E-state index contributed by atoms with van der Waals surface area (Å²) in [5.41, 5.74) is 3.75. The Morgan fingerprint density at radius 3 is 2.66 bits per heavy atom. The summed E-state index contributed by atoms with van der Waals surface area (Å²) in [6.45, 7) is 4.22. The van der Waals surface area contributed by atoms with Gasteiger partial charge in [0, 0.05) is 5.69 Å². The number of halogens is 1. The van der Waals surface area contributed by atoms with Crippen molar-refractivity contribution in [3.05, 3.63) is 82.3 Å². The minimum atomic E-state index is -0.426. The average Bonchev–Trinajstić information content (AvgIpc) is 3.33. The van der Waals surface area contributed by atoms with Crippen LogP contribution in [0, 0.1) is 0 Å². The molecule has 192 valence electrons. The van der Waals surface area contributed by atoms with Gasteiger partial charge in [0.1, 0.15) is 17.0 Å². The number of hydrogen-bond acceptors (Lipinski definition) is 6. The molecule has 0 atom stereocenters. The molecule has 0 aliphatic rings. The molecule has 0 spiro atoms. The zero-order valence-electron chi connectivity index (χ0n) is 20.8. The number of nitrogens with zero attached hydrogens (tertiary/aromatic N) is 1. The monoisotopic (exact) mass is 589 g/mol. The number of aromatic hydroxyl groups is 1. The number of aromatic nitrogens is 1. The molecule has 5 rings (SSSR count). The van der Waals surface area contributed by atoms with Gasteiger partial charge >= 0.3 is 0 Å². The van der Waals surface area contributed by atoms with Gasteiger partial charge < -0.3 is 19.6 Å². The van der Waals surface area contributed by atoms with Crippen LogP contribution in [0.5, 0.6) is 11.5 Å². The number of benzene rings is 4. The Morgan fingerprint density at radius 1 is 1.11 bits per heavy atom. The highest BCUT2D eigenvalue weighted by Gasteiger charge is 2.20. The van der Waals surface area contributed by atoms with Gasteiger partial charge in [-0.1, -0.05) is 44.2 Å². The predicted molar refractivity (Wildman–Crippen MR) is 157 cm³/mol. The minimum Gasteiger partial charge on any atom is -0.507 e. The first-order chi connectivity index (χ1) is 18.2. The SMILES string of the molecule is COc1c(C(=O)NC(=S)Nc2ccc(O)c(-c3nc4cc(C(C)C)ccc4o3)c2)cc2ccccc2c1Br. The number of hydrogen-bond donors (Lipinski definition) is 3. The molecule has 0 unspecified atom stereocenters. The number of phenolic OH excluding ortho intramolecular Hbond substituents is 1. The first kappa shape index (κ1) is 25.7. The highest BCUT2D eigenvalue weighted by atomic mass is 79.9. The Hall–Kier alpha value is -3.95. The van der Waals surface area contributed by atoms with Gasteiger partial charge in [0.15, 0.2) is 10.7 Å². The number of thiocarbonyl (C=S) groups is 1. The molecular formula is C29H24BrN3O4S. The minimum absolute atomic E-state index is 0.00638. The number of methoxy groups -OCH3 is 1. The van der Waals surface area contributed by atoms with Crippen molar-refractivity contribution < 1.29 is 19.1 Å². The summed E-state index contributed by atoms with van der Waals surface area (Å²) in [4.78, 5) is 17.7. The van der Waals surface area contributed by atoms with Gasteiger partial charge in [-0.25, -0.2) is 4.98 Å². The second-order valence-electron chi connectivity index (χ2n) is 9.03. The number of amides is 1. The van der Waals surface area contributed by atoms with E-state index in [0.29, 0.717) is 44.1 Å². The van der Waals surface area contributed by atoms with Crippen molar-refractivity contribution in [1.29, 1.82) is 0 Å². The molecule has 0 aliphatic heterocycles. The highest BCUT2D eigenvalue weighted by Crippen LogP contribution is 2.37. The number of rotatable bonds is 5. The molecule has 1 amide bonds. The molecule has 0 saturated carbocycles. The summed E-state index contributed by atoms with van der Waals surface area (Å²) < 4.78 is 12.1. The summed E-state index contributed by atoms with van der Waals surface area (Å²) in [6, 6.07) is 20.1. The smallest absolute Gasteiger partial charge is 0.261 e. The van der Waals surface area contributed by atoms with E-state index in [1.54, 1.807) is 18.2 Å². The second-order valence-corrected chi connectivity index (χ2v) is 10.2. The number of anilines is 1. The third-order valence-electron chi connectivity index (χ3n) is 6.18. The van der Waals surface area contributed by atoms with Crippen LogP contribution in [0.25, 0.3) is 33.3 Å². The number of phenols is 1. The van der Waals surface area contributed by atoms with Crippen LogP contribution in [0.4, 0.5) is 5.69 Å². The van der Waals surface area contributed by atoms with Crippen LogP contribution >= 0.6 is 28.1 Å². The lowest BCUT2D eigenvalue weighted by Crippen LogP contribution is -2.34. The van der Waals surface area contributed by atoms with Gasteiger partial charge in [-0.2, -0.15) is 0 Å². The van der Waals surface area contributed by atoms with Gasteiger partial charge in [0.25, 0.3) is 5.91 Å². The predicted octanol–water partition coefficient (Wildman–Crippen LogP) is 7.37. The first-order valence-electron chi connectivity index (χ1n) is 11.9. The molecule has 7 nitrogen and oxygen atoms in total. The van der Waals surface area contributed by atoms with E-state index in [2.05, 4.69) is 45.4 Å². The Bertz CT molecular complexity index is 1710. The van der Waals surface area contributed by atoms with E-state index in [-0.39, 0.29) is 16.8 Å². The Morgan fingerprint density at radius 2 is 1.89 bits per heavy atom. The number of ether oxygens (including phenoxy) is 1. The van der Waals surface area contributed by atoms with E-state index in [4.69, 9.17) is 21.4 Å². The molecule has 4 aromatic carbocycles. The lowest BCUT2D eigenvalue weighted by atomic mass is 10.0. The molecule has 1 aromatic heterocycles. The number of fused-ring (bicyclic) bond motifs is 2. The first-order valence-corrected chi connectivity index (χ1v) is 13.1. The summed E-state index contributed by atoms with van der Waals surface area (Å²) in [7, 11) is 1.51. The Labute approximate surface area is 233 Å². The number of carbonyl (C=O) groups excluding carboxylic acids is 1. The van der Waals surface area contributed by atoms with Gasteiger partial charge in [0.2, 0.25) is 5.89 Å². The average molecular weight is 590 g/mol. The van der Waals surface area contributed by atoms with Crippen LogP contribution in [0.3, 0.4) is 0 Å². The maximum absolute atomic E-state index is 13.1. The maximum atomic E-state index is 13.1. The Balaban J connectivity index is 1.38. The molecule has 5 aromatic rings. The van der Waals surface area contributed by atoms with E-state index < -0.39 is 5.91 Å². The fraction of sp³-hybridized carbons (Fsp3) is 0.138. The topological polar surface area (TPSA) is 96.6 Å². The zero-order chi connectivity index (χ0) is 27.0. The van der Waals surface area contributed by atoms with Crippen molar-refractivity contribution in [1.82, 2.24) is 10.3 Å². The maximum Gasteiger partial charge on any atom is 0.261 e. The van der Waals surface area contributed by atoms with E-state index in [9.17, 15) is 9.90 Å². The fourth-order valence-corrected chi connectivity index (χ4v) is 5.14. The van der Waals surface area contributed by atoms with Gasteiger partial charge in [-0.15, -0.1) is 0 Å². The zero-order valence-corrected chi connectivity index (χ0v) is 23.2. The van der Waals surface area contributed by atoms with E-state index in [0.717, 1.165) is 16.3 Å². The molecule has 0 radical (unpaired) electrons. The number of nitrogens with one attached hydrogen (secondary N) is 2. The molecule has 0 fully saturated rings. The van der Waals surface area contributed by atoms with Gasteiger partial charge in [0.05, 0.1) is 22.7 Å². The number of oxazole rings is 1. The van der Waals surface area contributed by atoms with Crippen molar-refractivity contribution in [2.45, 2.75) is 19.8 Å². The van der Waals surface area contributed by atoms with Crippen molar-refractivity contribution in [3.63, 3.8) is 0 Å². The standard InChI is InChI=1S/C29H24BrN3O4S/c1-15(2)16-8-11-24-22(13-16)32-28(37-24)20-14-18(9-10-23(20)34)31-29(38)33-27(35)21-12-17-6-4-5-7-19(17)25(30)26(21)36-3/h4-15,34H,1-3H3,(H2,31,33,35,38). The third kappa shape index (κ3) is 4.94. The quantitative estimate of drug-likeness (QED) is 0.145. The summed E-state index contributed by atoms with van der Waals surface area (Å²) in [6.07, 6.45) is 0. The van der Waals surface area contributed by atoms with E-state index in [1.165, 1.54) is 13.2 Å². The molecule has 1 heterocycles. The fourth-order valence-electron chi connectivity index (χ4n) is 4.19. The lowest BCUT2D eigenvalue weighted by Gasteiger charge is -2.15. The molecule has 3 N–H and O–H groups in total. The van der Waals surface area contributed by atoms with Crippen molar-refractivity contribution >= 4 is 66.7 Å². The van der Waals surface area contributed by atoms with Crippen molar-refractivity contribution in [2.75, 3.05) is 12.4 Å².